The smallest absolute Gasteiger partial charge is 0.0931 e. The highest BCUT2D eigenvalue weighted by Gasteiger charge is 2.06. The van der Waals surface area contributed by atoms with E-state index in [0.29, 0.717) is 6.04 Å². The van der Waals surface area contributed by atoms with E-state index in [1.807, 2.05) is 6.07 Å². The Morgan fingerprint density at radius 3 is 2.64 bits per heavy atom. The van der Waals surface area contributed by atoms with Crippen molar-refractivity contribution < 1.29 is 0 Å². The summed E-state index contributed by atoms with van der Waals surface area (Å²) < 4.78 is 0.873. The first-order valence-corrected chi connectivity index (χ1v) is 6.32. The predicted octanol–water partition coefficient (Wildman–Crippen LogP) is 4.10. The molecule has 0 amide bonds. The van der Waals surface area contributed by atoms with Gasteiger partial charge in [-0.25, -0.2) is 0 Å². The van der Waals surface area contributed by atoms with Crippen molar-refractivity contribution >= 4 is 22.9 Å². The Balaban J connectivity index is 2.32. The fraction of sp³-hybridized carbons (Fsp3) is 0.636. The van der Waals surface area contributed by atoms with E-state index in [2.05, 4.69) is 31.5 Å². The van der Waals surface area contributed by atoms with Crippen molar-refractivity contribution in [3.05, 3.63) is 21.3 Å². The van der Waals surface area contributed by atoms with Crippen molar-refractivity contribution in [3.63, 3.8) is 0 Å². The number of hydrogen-bond donors (Lipinski definition) is 1. The van der Waals surface area contributed by atoms with Crippen LogP contribution < -0.4 is 5.32 Å². The van der Waals surface area contributed by atoms with Crippen molar-refractivity contribution in [2.45, 2.75) is 33.2 Å². The molecule has 1 atom stereocenters. The van der Waals surface area contributed by atoms with E-state index in [-0.39, 0.29) is 0 Å². The summed E-state index contributed by atoms with van der Waals surface area (Å²) in [6.07, 6.45) is 1.22. The second-order valence-electron chi connectivity index (χ2n) is 4.04. The zero-order chi connectivity index (χ0) is 10.6. The van der Waals surface area contributed by atoms with Crippen LogP contribution in [0.1, 0.15) is 38.8 Å². The predicted molar refractivity (Wildman–Crippen MR) is 65.2 cm³/mol. The van der Waals surface area contributed by atoms with Crippen LogP contribution in [0.5, 0.6) is 0 Å². The summed E-state index contributed by atoms with van der Waals surface area (Å²) in [5.41, 5.74) is 1.30. The topological polar surface area (TPSA) is 12.0 Å². The third kappa shape index (κ3) is 3.99. The summed E-state index contributed by atoms with van der Waals surface area (Å²) >= 11 is 7.48. The molecule has 14 heavy (non-hydrogen) atoms. The molecule has 0 aromatic carbocycles. The Morgan fingerprint density at radius 2 is 2.14 bits per heavy atom. The normalized spacial score (nSPS) is 13.5. The zero-order valence-corrected chi connectivity index (χ0v) is 10.6. The molecule has 1 aromatic heterocycles. The van der Waals surface area contributed by atoms with Gasteiger partial charge in [-0.15, -0.1) is 11.3 Å². The van der Waals surface area contributed by atoms with Crippen LogP contribution in [0, 0.1) is 5.92 Å². The van der Waals surface area contributed by atoms with Gasteiger partial charge in [-0.1, -0.05) is 25.4 Å². The van der Waals surface area contributed by atoms with E-state index in [9.17, 15) is 0 Å². The van der Waals surface area contributed by atoms with Crippen LogP contribution >= 0.6 is 22.9 Å². The fourth-order valence-electron chi connectivity index (χ4n) is 1.26. The number of rotatable bonds is 5. The van der Waals surface area contributed by atoms with Crippen molar-refractivity contribution in [1.82, 2.24) is 5.32 Å². The lowest BCUT2D eigenvalue weighted by molar-refractivity contribution is 0.498. The number of nitrogens with one attached hydrogen (secondary N) is 1. The summed E-state index contributed by atoms with van der Waals surface area (Å²) in [5.74, 6) is 0.765. The van der Waals surface area contributed by atoms with Crippen molar-refractivity contribution in [2.24, 2.45) is 5.92 Å². The highest BCUT2D eigenvalue weighted by molar-refractivity contribution is 7.14. The van der Waals surface area contributed by atoms with Crippen molar-refractivity contribution in [2.75, 3.05) is 6.54 Å². The SMILES string of the molecule is CC(C)CCNC(C)c1csc(Cl)c1. The van der Waals surface area contributed by atoms with Gasteiger partial charge >= 0.3 is 0 Å². The Bertz CT molecular complexity index is 270. The molecule has 0 aliphatic carbocycles. The molecule has 0 aliphatic heterocycles. The van der Waals surface area contributed by atoms with Crippen LogP contribution in [0.2, 0.25) is 4.34 Å². The molecule has 0 saturated heterocycles. The molecule has 1 rings (SSSR count). The summed E-state index contributed by atoms with van der Waals surface area (Å²) in [6, 6.07) is 2.46. The minimum Gasteiger partial charge on any atom is -0.310 e. The number of hydrogen-bond acceptors (Lipinski definition) is 2. The van der Waals surface area contributed by atoms with Crippen LogP contribution in [0.3, 0.4) is 0 Å². The summed E-state index contributed by atoms with van der Waals surface area (Å²) in [6.45, 7) is 7.74. The van der Waals surface area contributed by atoms with E-state index in [4.69, 9.17) is 11.6 Å². The summed E-state index contributed by atoms with van der Waals surface area (Å²) in [7, 11) is 0. The average Bonchev–Trinajstić information content (AvgIpc) is 2.51. The highest BCUT2D eigenvalue weighted by atomic mass is 35.5. The van der Waals surface area contributed by atoms with E-state index in [0.717, 1.165) is 16.8 Å². The molecule has 80 valence electrons. The first-order valence-electron chi connectivity index (χ1n) is 5.07. The van der Waals surface area contributed by atoms with Gasteiger partial charge in [0.25, 0.3) is 0 Å². The molecule has 1 unspecified atom stereocenters. The van der Waals surface area contributed by atoms with Crippen LogP contribution in [0.15, 0.2) is 11.4 Å². The molecule has 0 aliphatic rings. The lowest BCUT2D eigenvalue weighted by Gasteiger charge is -2.13. The van der Waals surface area contributed by atoms with Crippen LogP contribution in [0.25, 0.3) is 0 Å². The molecule has 0 radical (unpaired) electrons. The first kappa shape index (κ1) is 12.0. The molecule has 0 bridgehead atoms. The number of halogens is 1. The van der Waals surface area contributed by atoms with Gasteiger partial charge in [-0.3, -0.25) is 0 Å². The van der Waals surface area contributed by atoms with Gasteiger partial charge in [0.2, 0.25) is 0 Å². The quantitative estimate of drug-likeness (QED) is 0.805. The Hall–Kier alpha value is -0.0500. The van der Waals surface area contributed by atoms with Gasteiger partial charge in [-0.05, 0) is 42.8 Å². The average molecular weight is 232 g/mol. The summed E-state index contributed by atoms with van der Waals surface area (Å²) in [4.78, 5) is 0. The van der Waals surface area contributed by atoms with Gasteiger partial charge in [-0.2, -0.15) is 0 Å². The molecule has 0 fully saturated rings. The van der Waals surface area contributed by atoms with E-state index >= 15 is 0 Å². The third-order valence-corrected chi connectivity index (χ3v) is 3.37. The maximum absolute atomic E-state index is 5.88. The molecule has 0 saturated carbocycles. The molecule has 3 heteroatoms. The molecule has 1 nitrogen and oxygen atoms in total. The van der Waals surface area contributed by atoms with Crippen molar-refractivity contribution in [3.8, 4) is 0 Å². The van der Waals surface area contributed by atoms with Crippen molar-refractivity contribution in [1.29, 1.82) is 0 Å². The molecule has 1 aromatic rings. The van der Waals surface area contributed by atoms with Gasteiger partial charge in [0.15, 0.2) is 0 Å². The largest absolute Gasteiger partial charge is 0.310 e. The molecular formula is C11H18ClNS. The number of thiophene rings is 1. The molecule has 1 heterocycles. The van der Waals surface area contributed by atoms with Gasteiger partial charge in [0, 0.05) is 6.04 Å². The minimum absolute atomic E-state index is 0.414. The standard InChI is InChI=1S/C11H18ClNS/c1-8(2)4-5-13-9(3)10-6-11(12)14-7-10/h6-9,13H,4-5H2,1-3H3. The maximum Gasteiger partial charge on any atom is 0.0931 e. The monoisotopic (exact) mass is 231 g/mol. The second-order valence-corrected chi connectivity index (χ2v) is 5.59. The lowest BCUT2D eigenvalue weighted by Crippen LogP contribution is -2.20. The molecule has 0 spiro atoms. The third-order valence-electron chi connectivity index (χ3n) is 2.26. The Labute approximate surface area is 95.5 Å². The van der Waals surface area contributed by atoms with Crippen LogP contribution in [-0.2, 0) is 0 Å². The fourth-order valence-corrected chi connectivity index (χ4v) is 2.24. The Morgan fingerprint density at radius 1 is 1.43 bits per heavy atom. The highest BCUT2D eigenvalue weighted by Crippen LogP contribution is 2.24. The lowest BCUT2D eigenvalue weighted by atomic mass is 10.1. The van der Waals surface area contributed by atoms with E-state index < -0.39 is 0 Å². The molecule has 1 N–H and O–H groups in total. The van der Waals surface area contributed by atoms with Gasteiger partial charge in [0.1, 0.15) is 0 Å². The summed E-state index contributed by atoms with van der Waals surface area (Å²) in [5, 5.41) is 5.61. The minimum atomic E-state index is 0.414. The zero-order valence-electron chi connectivity index (χ0n) is 9.01. The van der Waals surface area contributed by atoms with E-state index in [1.165, 1.54) is 12.0 Å². The van der Waals surface area contributed by atoms with Gasteiger partial charge < -0.3 is 5.32 Å². The maximum atomic E-state index is 5.88. The second kappa shape index (κ2) is 5.74. The van der Waals surface area contributed by atoms with Crippen LogP contribution in [-0.4, -0.2) is 6.54 Å². The first-order chi connectivity index (χ1) is 6.59. The van der Waals surface area contributed by atoms with Crippen LogP contribution in [0.4, 0.5) is 0 Å². The van der Waals surface area contributed by atoms with Gasteiger partial charge in [0.05, 0.1) is 4.34 Å². The molecular weight excluding hydrogens is 214 g/mol. The Kier molecular flexibility index (Phi) is 4.93. The van der Waals surface area contributed by atoms with E-state index in [1.54, 1.807) is 11.3 Å².